The van der Waals surface area contributed by atoms with Gasteiger partial charge in [0.05, 0.1) is 6.04 Å². The van der Waals surface area contributed by atoms with E-state index in [9.17, 15) is 19.5 Å². The monoisotopic (exact) mass is 473 g/mol. The highest BCUT2D eigenvalue weighted by atomic mass is 16.4. The fraction of sp³-hybridized carbons (Fsp3) is 0.478. The van der Waals surface area contributed by atoms with Crippen molar-refractivity contribution in [2.24, 2.45) is 28.1 Å². The maximum absolute atomic E-state index is 12.9. The van der Waals surface area contributed by atoms with E-state index in [2.05, 4.69) is 20.6 Å². The van der Waals surface area contributed by atoms with Crippen molar-refractivity contribution >= 4 is 34.6 Å². The summed E-state index contributed by atoms with van der Waals surface area (Å²) < 4.78 is 0. The molecule has 0 unspecified atom stereocenters. The van der Waals surface area contributed by atoms with Gasteiger partial charge in [-0.1, -0.05) is 32.0 Å². The Morgan fingerprint density at radius 3 is 2.41 bits per heavy atom. The summed E-state index contributed by atoms with van der Waals surface area (Å²) in [5.74, 6) is -2.26. The zero-order chi connectivity index (χ0) is 25.3. The van der Waals surface area contributed by atoms with Crippen molar-refractivity contribution in [3.63, 3.8) is 0 Å². The number of aromatic nitrogens is 1. The summed E-state index contributed by atoms with van der Waals surface area (Å²) in [6.45, 7) is 3.98. The number of carbonyl (C=O) groups is 3. The maximum Gasteiger partial charge on any atom is 0.326 e. The van der Waals surface area contributed by atoms with Crippen molar-refractivity contribution in [3.05, 3.63) is 36.0 Å². The number of amides is 2. The number of guanidine groups is 1. The zero-order valence-corrected chi connectivity index (χ0v) is 19.6. The summed E-state index contributed by atoms with van der Waals surface area (Å²) in [7, 11) is 0. The van der Waals surface area contributed by atoms with Gasteiger partial charge in [-0.05, 0) is 43.2 Å². The van der Waals surface area contributed by atoms with Crippen LogP contribution in [0.2, 0.25) is 0 Å². The molecular formula is C23H35N7O4. The number of aromatic amines is 1. The van der Waals surface area contributed by atoms with Gasteiger partial charge in [-0.15, -0.1) is 0 Å². The van der Waals surface area contributed by atoms with Crippen LogP contribution in [0.25, 0.3) is 10.9 Å². The zero-order valence-electron chi connectivity index (χ0n) is 19.6. The Hall–Kier alpha value is -3.60. The summed E-state index contributed by atoms with van der Waals surface area (Å²) in [5.41, 5.74) is 18.6. The molecule has 186 valence electrons. The summed E-state index contributed by atoms with van der Waals surface area (Å²) in [6, 6.07) is 4.72. The summed E-state index contributed by atoms with van der Waals surface area (Å²) in [6.07, 6.45) is 2.94. The van der Waals surface area contributed by atoms with Crippen LogP contribution in [-0.4, -0.2) is 58.5 Å². The van der Waals surface area contributed by atoms with Crippen LogP contribution in [0.15, 0.2) is 35.5 Å². The van der Waals surface area contributed by atoms with Gasteiger partial charge in [-0.25, -0.2) is 4.79 Å². The minimum Gasteiger partial charge on any atom is -0.480 e. The third-order valence-corrected chi connectivity index (χ3v) is 5.35. The molecule has 2 aromatic rings. The molecule has 2 amide bonds. The molecule has 0 aliphatic rings. The van der Waals surface area contributed by atoms with Gasteiger partial charge in [0, 0.05) is 23.6 Å². The lowest BCUT2D eigenvalue weighted by Crippen LogP contribution is -2.55. The molecule has 10 N–H and O–H groups in total. The van der Waals surface area contributed by atoms with Gasteiger partial charge in [0.1, 0.15) is 12.1 Å². The number of hydrogen-bond donors (Lipinski definition) is 7. The smallest absolute Gasteiger partial charge is 0.326 e. The van der Waals surface area contributed by atoms with Crippen molar-refractivity contribution in [2.45, 2.75) is 57.7 Å². The van der Waals surface area contributed by atoms with Gasteiger partial charge >= 0.3 is 5.97 Å². The van der Waals surface area contributed by atoms with Gasteiger partial charge in [0.2, 0.25) is 11.8 Å². The Morgan fingerprint density at radius 1 is 1.09 bits per heavy atom. The van der Waals surface area contributed by atoms with E-state index in [-0.39, 0.29) is 37.7 Å². The molecule has 1 heterocycles. The highest BCUT2D eigenvalue weighted by molar-refractivity contribution is 5.92. The van der Waals surface area contributed by atoms with E-state index < -0.39 is 35.9 Å². The lowest BCUT2D eigenvalue weighted by atomic mass is 10.0. The molecule has 3 atom stereocenters. The Bertz CT molecular complexity index is 1010. The van der Waals surface area contributed by atoms with E-state index in [1.165, 1.54) is 0 Å². The van der Waals surface area contributed by atoms with Crippen LogP contribution in [-0.2, 0) is 20.8 Å². The first-order valence-corrected chi connectivity index (χ1v) is 11.3. The molecule has 0 spiro atoms. The standard InChI is InChI=1S/C23H35N7O4/c1-13(2)10-19(22(33)34)30-21(32)18(8-5-9-27-23(25)26)29-20(31)16(24)11-14-12-28-17-7-4-3-6-15(14)17/h3-4,6-7,12-13,16,18-19,28H,5,8-11,24H2,1-2H3,(H,29,31)(H,30,32)(H,33,34)(H4,25,26,27)/t16-,18-,19-/m0/s1. The van der Waals surface area contributed by atoms with E-state index >= 15 is 0 Å². The topological polar surface area (TPSA) is 202 Å². The molecule has 0 radical (unpaired) electrons. The number of benzene rings is 1. The number of nitrogens with zero attached hydrogens (tertiary/aromatic N) is 1. The highest BCUT2D eigenvalue weighted by Crippen LogP contribution is 2.19. The molecule has 0 saturated carbocycles. The van der Waals surface area contributed by atoms with Crippen LogP contribution in [0.3, 0.4) is 0 Å². The average molecular weight is 474 g/mol. The van der Waals surface area contributed by atoms with Gasteiger partial charge in [-0.2, -0.15) is 0 Å². The van der Waals surface area contributed by atoms with Crippen LogP contribution < -0.4 is 27.8 Å². The SMILES string of the molecule is CC(C)C[C@H](NC(=O)[C@H](CCCN=C(N)N)NC(=O)[C@@H](N)Cc1c[nH]c2ccccc12)C(=O)O. The fourth-order valence-electron chi connectivity index (χ4n) is 3.65. The predicted octanol–water partition coefficient (Wildman–Crippen LogP) is 0.192. The minimum atomic E-state index is -1.14. The van der Waals surface area contributed by atoms with Gasteiger partial charge in [-0.3, -0.25) is 14.6 Å². The molecule has 1 aromatic carbocycles. The average Bonchev–Trinajstić information content (AvgIpc) is 3.17. The molecular weight excluding hydrogens is 438 g/mol. The van der Waals surface area contributed by atoms with Crippen molar-refractivity contribution in [3.8, 4) is 0 Å². The van der Waals surface area contributed by atoms with Crippen molar-refractivity contribution in [1.82, 2.24) is 15.6 Å². The number of nitrogens with one attached hydrogen (secondary N) is 3. The van der Waals surface area contributed by atoms with Crippen molar-refractivity contribution < 1.29 is 19.5 Å². The maximum atomic E-state index is 12.9. The number of aliphatic carboxylic acids is 1. The first-order valence-electron chi connectivity index (χ1n) is 11.3. The largest absolute Gasteiger partial charge is 0.480 e. The molecule has 11 heteroatoms. The number of fused-ring (bicyclic) bond motifs is 1. The molecule has 2 rings (SSSR count). The molecule has 1 aromatic heterocycles. The normalized spacial score (nSPS) is 13.8. The Balaban J connectivity index is 2.08. The summed E-state index contributed by atoms with van der Waals surface area (Å²) in [5, 5.41) is 15.6. The second kappa shape index (κ2) is 12.6. The highest BCUT2D eigenvalue weighted by Gasteiger charge is 2.28. The molecule has 0 aliphatic heterocycles. The van der Waals surface area contributed by atoms with Crippen LogP contribution >= 0.6 is 0 Å². The van der Waals surface area contributed by atoms with E-state index in [4.69, 9.17) is 17.2 Å². The second-order valence-corrected chi connectivity index (χ2v) is 8.71. The van der Waals surface area contributed by atoms with Crippen LogP contribution in [0.4, 0.5) is 0 Å². The number of aliphatic imine (C=N–C) groups is 1. The van der Waals surface area contributed by atoms with Crippen molar-refractivity contribution in [1.29, 1.82) is 0 Å². The predicted molar refractivity (Wildman–Crippen MR) is 131 cm³/mol. The number of H-pyrrole nitrogens is 1. The molecule has 34 heavy (non-hydrogen) atoms. The molecule has 0 bridgehead atoms. The Kier molecular flexibility index (Phi) is 9.87. The number of carboxylic acid groups (broad SMARTS) is 1. The molecule has 0 saturated heterocycles. The van der Waals surface area contributed by atoms with Crippen molar-refractivity contribution in [2.75, 3.05) is 6.54 Å². The summed E-state index contributed by atoms with van der Waals surface area (Å²) in [4.78, 5) is 44.3. The number of nitrogens with two attached hydrogens (primary N) is 3. The number of hydrogen-bond acceptors (Lipinski definition) is 5. The van der Waals surface area contributed by atoms with E-state index in [0.717, 1.165) is 16.5 Å². The lowest BCUT2D eigenvalue weighted by molar-refractivity contribution is -0.142. The third-order valence-electron chi connectivity index (χ3n) is 5.35. The number of carbonyl (C=O) groups excluding carboxylic acids is 2. The lowest BCUT2D eigenvalue weighted by Gasteiger charge is -2.23. The fourth-order valence-corrected chi connectivity index (χ4v) is 3.65. The number of para-hydroxylation sites is 1. The molecule has 0 fully saturated rings. The number of rotatable bonds is 13. The molecule has 11 nitrogen and oxygen atoms in total. The molecule has 0 aliphatic carbocycles. The quantitative estimate of drug-likeness (QED) is 0.122. The van der Waals surface area contributed by atoms with E-state index in [1.807, 2.05) is 38.1 Å². The third kappa shape index (κ3) is 8.07. The van der Waals surface area contributed by atoms with Gasteiger partial charge in [0.15, 0.2) is 5.96 Å². The first kappa shape index (κ1) is 26.7. The van der Waals surface area contributed by atoms with Gasteiger partial charge in [0.25, 0.3) is 0 Å². The first-order chi connectivity index (χ1) is 16.1. The van der Waals surface area contributed by atoms with E-state index in [1.54, 1.807) is 6.20 Å². The second-order valence-electron chi connectivity index (χ2n) is 8.71. The minimum absolute atomic E-state index is 0.0564. The van der Waals surface area contributed by atoms with E-state index in [0.29, 0.717) is 6.42 Å². The van der Waals surface area contributed by atoms with Gasteiger partial charge < -0.3 is 37.9 Å². The van der Waals surface area contributed by atoms with Crippen LogP contribution in [0.1, 0.15) is 38.7 Å². The summed E-state index contributed by atoms with van der Waals surface area (Å²) >= 11 is 0. The van der Waals surface area contributed by atoms with Crippen LogP contribution in [0.5, 0.6) is 0 Å². The Labute approximate surface area is 198 Å². The van der Waals surface area contributed by atoms with Crippen LogP contribution in [0, 0.1) is 5.92 Å². The Morgan fingerprint density at radius 2 is 1.76 bits per heavy atom. The number of carboxylic acids is 1.